The maximum atomic E-state index is 12.2. The molecule has 0 rings (SSSR count). The highest BCUT2D eigenvalue weighted by Gasteiger charge is 2.14. The molecule has 1 unspecified atom stereocenters. The summed E-state index contributed by atoms with van der Waals surface area (Å²) in [6, 6.07) is 0. The molecule has 0 aliphatic heterocycles. The molecular formula is C26H50O4. The Balaban J connectivity index is 3.77. The molecule has 1 atom stereocenters. The molecule has 30 heavy (non-hydrogen) atoms. The third kappa shape index (κ3) is 21.6. The zero-order valence-electron chi connectivity index (χ0n) is 20.1. The lowest BCUT2D eigenvalue weighted by molar-refractivity contribution is -0.150. The van der Waals surface area contributed by atoms with Crippen molar-refractivity contribution in [3.05, 3.63) is 0 Å². The van der Waals surface area contributed by atoms with Gasteiger partial charge in [-0.2, -0.15) is 0 Å². The standard InChI is InChI=1S/C26H50O4/c1-3-5-7-8-9-10-11-12-13-14-19-23-26(29)30-24(20-16-6-4-2)21-17-15-18-22-25(27)28/h24H,3-23H2,1-2H3,(H,27,28). The van der Waals surface area contributed by atoms with Crippen molar-refractivity contribution in [1.82, 2.24) is 0 Å². The molecule has 0 amide bonds. The van der Waals surface area contributed by atoms with E-state index >= 15 is 0 Å². The number of hydrogen-bond acceptors (Lipinski definition) is 3. The number of unbranched alkanes of at least 4 members (excludes halogenated alkanes) is 14. The number of carboxylic acids is 1. The summed E-state index contributed by atoms with van der Waals surface area (Å²) in [6.07, 6.45) is 22.7. The monoisotopic (exact) mass is 426 g/mol. The average Bonchev–Trinajstić information content (AvgIpc) is 2.71. The van der Waals surface area contributed by atoms with Gasteiger partial charge in [0.25, 0.3) is 0 Å². The predicted octanol–water partition coefficient (Wildman–Crippen LogP) is 8.21. The van der Waals surface area contributed by atoms with Crippen molar-refractivity contribution in [1.29, 1.82) is 0 Å². The van der Waals surface area contributed by atoms with E-state index in [9.17, 15) is 9.59 Å². The number of rotatable bonds is 23. The minimum atomic E-state index is -0.729. The van der Waals surface area contributed by atoms with Crippen molar-refractivity contribution in [2.45, 2.75) is 155 Å². The van der Waals surface area contributed by atoms with E-state index in [1.54, 1.807) is 0 Å². The molecule has 1 N–H and O–H groups in total. The number of esters is 1. The van der Waals surface area contributed by atoms with Gasteiger partial charge in [-0.25, -0.2) is 0 Å². The second kappa shape index (κ2) is 22.6. The van der Waals surface area contributed by atoms with Crippen molar-refractivity contribution in [2.24, 2.45) is 0 Å². The Labute approximate surface area is 186 Å². The summed E-state index contributed by atoms with van der Waals surface area (Å²) in [7, 11) is 0. The first kappa shape index (κ1) is 28.9. The zero-order valence-corrected chi connectivity index (χ0v) is 20.1. The van der Waals surface area contributed by atoms with Gasteiger partial charge >= 0.3 is 11.9 Å². The Kier molecular flexibility index (Phi) is 21.8. The van der Waals surface area contributed by atoms with Crippen molar-refractivity contribution in [3.63, 3.8) is 0 Å². The Morgan fingerprint density at radius 2 is 1.00 bits per heavy atom. The topological polar surface area (TPSA) is 63.6 Å². The molecule has 4 nitrogen and oxygen atoms in total. The predicted molar refractivity (Wildman–Crippen MR) is 126 cm³/mol. The number of carboxylic acid groups (broad SMARTS) is 1. The number of carbonyl (C=O) groups is 2. The molecule has 178 valence electrons. The van der Waals surface area contributed by atoms with E-state index in [4.69, 9.17) is 9.84 Å². The van der Waals surface area contributed by atoms with Crippen LogP contribution in [-0.2, 0) is 14.3 Å². The van der Waals surface area contributed by atoms with Crippen LogP contribution in [0.3, 0.4) is 0 Å². The van der Waals surface area contributed by atoms with Crippen LogP contribution in [0.5, 0.6) is 0 Å². The van der Waals surface area contributed by atoms with Crippen LogP contribution in [0.4, 0.5) is 0 Å². The molecule has 0 aromatic heterocycles. The fourth-order valence-corrected chi connectivity index (χ4v) is 3.89. The van der Waals surface area contributed by atoms with Crippen LogP contribution in [0.25, 0.3) is 0 Å². The van der Waals surface area contributed by atoms with E-state index in [1.165, 1.54) is 64.2 Å². The quantitative estimate of drug-likeness (QED) is 0.132. The summed E-state index contributed by atoms with van der Waals surface area (Å²) in [5, 5.41) is 8.72. The van der Waals surface area contributed by atoms with Crippen molar-refractivity contribution in [2.75, 3.05) is 0 Å². The SMILES string of the molecule is CCCCCCCCCCCCCC(=O)OC(CCCCC)CCCCCC(=O)O. The number of hydrogen-bond donors (Lipinski definition) is 1. The Morgan fingerprint density at radius 3 is 1.53 bits per heavy atom. The van der Waals surface area contributed by atoms with Crippen LogP contribution >= 0.6 is 0 Å². The van der Waals surface area contributed by atoms with Crippen LogP contribution < -0.4 is 0 Å². The summed E-state index contributed by atoms with van der Waals surface area (Å²) in [4.78, 5) is 22.8. The van der Waals surface area contributed by atoms with Crippen LogP contribution in [0.15, 0.2) is 0 Å². The third-order valence-corrected chi connectivity index (χ3v) is 5.83. The van der Waals surface area contributed by atoms with Gasteiger partial charge < -0.3 is 9.84 Å². The average molecular weight is 427 g/mol. The van der Waals surface area contributed by atoms with Gasteiger partial charge in [0.05, 0.1) is 0 Å². The number of aliphatic carboxylic acids is 1. The van der Waals surface area contributed by atoms with E-state index in [-0.39, 0.29) is 18.5 Å². The van der Waals surface area contributed by atoms with E-state index in [2.05, 4.69) is 13.8 Å². The summed E-state index contributed by atoms with van der Waals surface area (Å²) in [5.41, 5.74) is 0. The normalized spacial score (nSPS) is 12.1. The summed E-state index contributed by atoms with van der Waals surface area (Å²) in [6.45, 7) is 4.44. The molecule has 0 bridgehead atoms. The number of carbonyl (C=O) groups excluding carboxylic acids is 1. The highest BCUT2D eigenvalue weighted by atomic mass is 16.5. The number of ether oxygens (including phenoxy) is 1. The van der Waals surface area contributed by atoms with E-state index in [0.717, 1.165) is 51.4 Å². The summed E-state index contributed by atoms with van der Waals surface area (Å²) < 4.78 is 5.76. The first-order valence-electron chi connectivity index (χ1n) is 13.0. The van der Waals surface area contributed by atoms with Gasteiger partial charge in [0.15, 0.2) is 0 Å². The van der Waals surface area contributed by atoms with Crippen molar-refractivity contribution < 1.29 is 19.4 Å². The Morgan fingerprint density at radius 1 is 0.600 bits per heavy atom. The second-order valence-electron chi connectivity index (χ2n) is 8.89. The first-order chi connectivity index (χ1) is 14.6. The van der Waals surface area contributed by atoms with Crippen LogP contribution in [0, 0.1) is 0 Å². The fourth-order valence-electron chi connectivity index (χ4n) is 3.89. The van der Waals surface area contributed by atoms with Crippen molar-refractivity contribution in [3.8, 4) is 0 Å². The molecular weight excluding hydrogens is 376 g/mol. The highest BCUT2D eigenvalue weighted by Crippen LogP contribution is 2.17. The molecule has 0 aliphatic carbocycles. The van der Waals surface area contributed by atoms with Gasteiger partial charge in [-0.05, 0) is 38.5 Å². The Bertz CT molecular complexity index is 394. The van der Waals surface area contributed by atoms with E-state index in [1.807, 2.05) is 0 Å². The largest absolute Gasteiger partial charge is 0.481 e. The van der Waals surface area contributed by atoms with Gasteiger partial charge in [0.2, 0.25) is 0 Å². The Hall–Kier alpha value is -1.06. The maximum Gasteiger partial charge on any atom is 0.306 e. The van der Waals surface area contributed by atoms with Gasteiger partial charge in [-0.1, -0.05) is 97.3 Å². The van der Waals surface area contributed by atoms with Crippen LogP contribution in [0.2, 0.25) is 0 Å². The van der Waals surface area contributed by atoms with Crippen molar-refractivity contribution >= 4 is 11.9 Å². The summed E-state index contributed by atoms with van der Waals surface area (Å²) >= 11 is 0. The summed E-state index contributed by atoms with van der Waals surface area (Å²) in [5.74, 6) is -0.772. The van der Waals surface area contributed by atoms with Gasteiger partial charge in [0, 0.05) is 12.8 Å². The third-order valence-electron chi connectivity index (χ3n) is 5.83. The van der Waals surface area contributed by atoms with E-state index < -0.39 is 5.97 Å². The van der Waals surface area contributed by atoms with Gasteiger partial charge in [-0.15, -0.1) is 0 Å². The fraction of sp³-hybridized carbons (Fsp3) is 0.923. The van der Waals surface area contributed by atoms with E-state index in [0.29, 0.717) is 12.8 Å². The lowest BCUT2D eigenvalue weighted by Crippen LogP contribution is -2.18. The lowest BCUT2D eigenvalue weighted by Gasteiger charge is -2.18. The first-order valence-corrected chi connectivity index (χ1v) is 13.0. The molecule has 0 aromatic rings. The minimum absolute atomic E-state index is 0.0154. The molecule has 0 radical (unpaired) electrons. The molecule has 0 aliphatic rings. The minimum Gasteiger partial charge on any atom is -0.481 e. The molecule has 0 saturated heterocycles. The second-order valence-corrected chi connectivity index (χ2v) is 8.89. The molecule has 0 spiro atoms. The van der Waals surface area contributed by atoms with Crippen LogP contribution in [-0.4, -0.2) is 23.1 Å². The maximum absolute atomic E-state index is 12.2. The van der Waals surface area contributed by atoms with Crippen LogP contribution in [0.1, 0.15) is 149 Å². The highest BCUT2D eigenvalue weighted by molar-refractivity contribution is 5.69. The van der Waals surface area contributed by atoms with Gasteiger partial charge in [0.1, 0.15) is 6.10 Å². The molecule has 0 heterocycles. The van der Waals surface area contributed by atoms with Gasteiger partial charge in [-0.3, -0.25) is 9.59 Å². The smallest absolute Gasteiger partial charge is 0.306 e. The molecule has 0 fully saturated rings. The molecule has 4 heteroatoms. The molecule has 0 aromatic carbocycles. The molecule has 0 saturated carbocycles. The lowest BCUT2D eigenvalue weighted by atomic mass is 10.0. The zero-order chi connectivity index (χ0) is 22.3.